The molecular formula is C64H75N9O14S. The fraction of sp³-hybridized carbons (Fsp3) is 0.375. The maximum absolute atomic E-state index is 15.5. The highest BCUT2D eigenvalue weighted by Crippen LogP contribution is 2.25. The van der Waals surface area contributed by atoms with Crippen LogP contribution in [0, 0.1) is 17.8 Å². The number of carbonyl (C=O) groups is 10. The molecule has 88 heavy (non-hydrogen) atoms. The number of amides is 7. The van der Waals surface area contributed by atoms with Crippen LogP contribution in [0.15, 0.2) is 139 Å². The molecule has 24 heteroatoms. The summed E-state index contributed by atoms with van der Waals surface area (Å²) in [5.74, 6) is -14.6. The van der Waals surface area contributed by atoms with E-state index in [4.69, 9.17) is 6.17 Å². The predicted molar refractivity (Wildman–Crippen MR) is 328 cm³/mol. The number of aliphatic carboxylic acids is 3. The molecule has 1 fully saturated rings. The van der Waals surface area contributed by atoms with E-state index in [1.54, 1.807) is 137 Å². The van der Waals surface area contributed by atoms with Crippen molar-refractivity contribution in [3.05, 3.63) is 161 Å². The van der Waals surface area contributed by atoms with Crippen LogP contribution >= 0.6 is 11.3 Å². The fourth-order valence-corrected chi connectivity index (χ4v) is 11.1. The number of anilines is 1. The minimum absolute atomic E-state index is 0.00641. The number of benzene rings is 4. The number of para-hydroxylation sites is 2. The van der Waals surface area contributed by atoms with E-state index >= 15 is 14.4 Å². The van der Waals surface area contributed by atoms with Gasteiger partial charge in [-0.3, -0.25) is 38.4 Å². The van der Waals surface area contributed by atoms with Gasteiger partial charge in [0.1, 0.15) is 41.9 Å². The smallest absolute Gasteiger partial charge is 0.408 e. The molecule has 10 N–H and O–H groups in total. The van der Waals surface area contributed by atoms with Crippen molar-refractivity contribution in [3.8, 4) is 0 Å². The van der Waals surface area contributed by atoms with Crippen molar-refractivity contribution in [2.24, 2.45) is 17.8 Å². The minimum Gasteiger partial charge on any atom is -0.481 e. The molecule has 1 aliphatic heterocycles. The van der Waals surface area contributed by atoms with Gasteiger partial charge in [0.05, 0.1) is 18.3 Å². The van der Waals surface area contributed by atoms with Gasteiger partial charge < -0.3 is 66.7 Å². The average Bonchev–Trinajstić information content (AvgIpc) is 2.86. The van der Waals surface area contributed by atoms with Gasteiger partial charge in [-0.05, 0) is 92.3 Å². The van der Waals surface area contributed by atoms with Crippen LogP contribution in [-0.2, 0) is 67.2 Å². The van der Waals surface area contributed by atoms with Crippen molar-refractivity contribution in [1.29, 1.82) is 1.43 Å². The third-order valence-electron chi connectivity index (χ3n) is 14.8. The second-order valence-electron chi connectivity index (χ2n) is 22.9. The number of carbonyl (C=O) groups excluding carboxylic acids is 7. The number of aromatic nitrogens is 1. The van der Waals surface area contributed by atoms with E-state index < -0.39 is 120 Å². The zero-order chi connectivity index (χ0) is 64.4. The molecule has 2 aromatic heterocycles. The molecule has 3 unspecified atom stereocenters. The van der Waals surface area contributed by atoms with Crippen LogP contribution in [0.2, 0.25) is 0 Å². The number of piperazine rings is 1. The SMILES string of the molecule is [2H]OC(=O)C(Cc1ccccc1)[C@H](NC(=O)[C@H](CC(=O)N1CCN(c2ccccc2)CC1)NC(=O)[C@H](NC(=O)[C@@H](Cc1c[nH]c2ccccc12)NC(=O)OC(C)(C)C)C(Cc1ccccc1)C(=O)O)C(=O)NC(C(=O)N[C@@H](CC(C)C)C(=O)O)c1cccs1. The summed E-state index contributed by atoms with van der Waals surface area (Å²) in [5.41, 5.74) is 1.93. The van der Waals surface area contributed by atoms with Crippen LogP contribution in [0.1, 0.15) is 75.1 Å². The van der Waals surface area contributed by atoms with Crippen LogP contribution in [0.4, 0.5) is 10.5 Å². The standard InChI is InChI=1S/C64H75N9O14S/c1-38(2)32-49(62(84)85)67-59(79)54(50-26-17-31-88-50)71-58(78)53(45(61(82)83)34-40-20-11-7-12-21-40)70-56(76)48(36-51(74)73-29-27-72(28-30-73)42-22-13-8-14-23-42)66-57(77)52(44(60(80)81)33-39-18-9-6-10-19-39)69-55(75)47(68-63(86)87-64(3,4)5)35-41-37-65-46-25-16-15-24-43(41)46/h6-26,31,37-38,44-45,47-49,52-54,65H,27-30,32-36H2,1-5H3,(H,66,77)(H,67,79)(H,68,86)(H,69,75)(H,70,76)(H,71,78)(H,80,81)(H,82,83)(H,84,85)/t44?,45?,47-,48+,49+,52-,53+,54?/m1/s1/i/hD. The molecule has 466 valence electrons. The average molecular weight is 1230 g/mol. The highest BCUT2D eigenvalue weighted by Gasteiger charge is 2.43. The molecule has 1 aliphatic rings. The van der Waals surface area contributed by atoms with Gasteiger partial charge in [-0.25, -0.2) is 9.59 Å². The monoisotopic (exact) mass is 1230 g/mol. The summed E-state index contributed by atoms with van der Waals surface area (Å²) >= 11 is 1.02. The maximum atomic E-state index is 15.5. The first kappa shape index (κ1) is 64.4. The number of fused-ring (bicyclic) bond motifs is 1. The highest BCUT2D eigenvalue weighted by atomic mass is 32.1. The second-order valence-corrected chi connectivity index (χ2v) is 23.9. The number of thiophene rings is 1. The maximum Gasteiger partial charge on any atom is 0.408 e. The van der Waals surface area contributed by atoms with Crippen molar-refractivity contribution in [2.45, 2.75) is 109 Å². The molecule has 0 radical (unpaired) electrons. The first-order chi connectivity index (χ1) is 42.5. The third kappa shape index (κ3) is 18.7. The molecule has 8 atom stereocenters. The van der Waals surface area contributed by atoms with Gasteiger partial charge in [0.15, 0.2) is 0 Å². The summed E-state index contributed by atoms with van der Waals surface area (Å²) in [6.07, 6.45) is -1.21. The number of rotatable bonds is 28. The first-order valence-electron chi connectivity index (χ1n) is 29.3. The van der Waals surface area contributed by atoms with E-state index in [2.05, 4.69) is 42.0 Å². The van der Waals surface area contributed by atoms with E-state index in [-0.39, 0.29) is 49.6 Å². The third-order valence-corrected chi connectivity index (χ3v) is 15.7. The lowest BCUT2D eigenvalue weighted by Crippen LogP contribution is -2.63. The van der Waals surface area contributed by atoms with Crippen molar-refractivity contribution in [1.82, 2.24) is 41.8 Å². The van der Waals surface area contributed by atoms with Crippen molar-refractivity contribution < 1.29 is 68.0 Å². The molecule has 3 heterocycles. The summed E-state index contributed by atoms with van der Waals surface area (Å²) in [6, 6.07) is 25.1. The number of alkyl carbamates (subject to hydrolysis) is 1. The number of nitrogens with zero attached hydrogens (tertiary/aromatic N) is 2. The molecule has 1 saturated heterocycles. The Morgan fingerprint density at radius 1 is 0.591 bits per heavy atom. The molecule has 0 saturated carbocycles. The van der Waals surface area contributed by atoms with Gasteiger partial charge in [-0.1, -0.05) is 117 Å². The molecule has 23 nitrogen and oxygen atoms in total. The van der Waals surface area contributed by atoms with Crippen LogP contribution in [0.5, 0.6) is 0 Å². The Bertz CT molecular complexity index is 3410. The molecule has 7 amide bonds. The molecule has 7 rings (SSSR count). The van der Waals surface area contributed by atoms with E-state index in [1.807, 2.05) is 35.2 Å². The predicted octanol–water partition coefficient (Wildman–Crippen LogP) is 5.22. The molecule has 0 bridgehead atoms. The molecule has 0 aliphatic carbocycles. The van der Waals surface area contributed by atoms with E-state index in [0.29, 0.717) is 40.7 Å². The Balaban J connectivity index is 1.29. The van der Waals surface area contributed by atoms with Gasteiger partial charge in [0.2, 0.25) is 35.4 Å². The van der Waals surface area contributed by atoms with Gasteiger partial charge in [-0.15, -0.1) is 11.3 Å². The lowest BCUT2D eigenvalue weighted by atomic mass is 9.90. The number of hydrogen-bond donors (Lipinski definition) is 10. The summed E-state index contributed by atoms with van der Waals surface area (Å²) in [5, 5.41) is 43.2. The molecule has 6 aromatic rings. The number of hydrogen-bond acceptors (Lipinski definition) is 14. The Kier molecular flexibility index (Phi) is 22.5. The van der Waals surface area contributed by atoms with Gasteiger partial charge in [-0.2, -0.15) is 0 Å². The van der Waals surface area contributed by atoms with Crippen LogP contribution < -0.4 is 36.8 Å². The Labute approximate surface area is 514 Å². The first-order valence-corrected chi connectivity index (χ1v) is 29.7. The van der Waals surface area contributed by atoms with Crippen molar-refractivity contribution >= 4 is 87.4 Å². The Morgan fingerprint density at radius 3 is 1.68 bits per heavy atom. The number of aromatic amines is 1. The van der Waals surface area contributed by atoms with Crippen LogP contribution in [0.25, 0.3) is 12.3 Å². The zero-order valence-electron chi connectivity index (χ0n) is 50.4. The van der Waals surface area contributed by atoms with Crippen molar-refractivity contribution in [2.75, 3.05) is 31.1 Å². The van der Waals surface area contributed by atoms with Crippen LogP contribution in [0.3, 0.4) is 0 Å². The van der Waals surface area contributed by atoms with Crippen molar-refractivity contribution in [3.63, 3.8) is 0 Å². The lowest BCUT2D eigenvalue weighted by molar-refractivity contribution is -0.148. The van der Waals surface area contributed by atoms with E-state index in [9.17, 15) is 43.8 Å². The zero-order valence-corrected chi connectivity index (χ0v) is 50.3. The normalized spacial score (nSPS) is 15.3. The van der Waals surface area contributed by atoms with Crippen LogP contribution in [-0.4, -0.2) is 147 Å². The summed E-state index contributed by atoms with van der Waals surface area (Å²) < 4.78 is 13.3. The number of ether oxygens (including phenoxy) is 1. The number of nitrogens with one attached hydrogen (secondary N) is 7. The summed E-state index contributed by atoms with van der Waals surface area (Å²) in [6.45, 7) is 9.32. The van der Waals surface area contributed by atoms with Gasteiger partial charge in [0, 0.05) is 60.3 Å². The second kappa shape index (κ2) is 30.7. The summed E-state index contributed by atoms with van der Waals surface area (Å²) in [4.78, 5) is 150. The largest absolute Gasteiger partial charge is 0.481 e. The van der Waals surface area contributed by atoms with Gasteiger partial charge in [0.25, 0.3) is 1.43 Å². The molecular weight excluding hydrogens is 1150 g/mol. The number of carboxylic acids is 3. The minimum atomic E-state index is -2.10. The topological polar surface area (TPSA) is 335 Å². The lowest BCUT2D eigenvalue weighted by Gasteiger charge is -2.37. The molecule has 4 aromatic carbocycles. The van der Waals surface area contributed by atoms with E-state index in [0.717, 1.165) is 17.0 Å². The molecule has 0 spiro atoms. The Morgan fingerprint density at radius 2 is 1.14 bits per heavy atom. The fourth-order valence-electron chi connectivity index (χ4n) is 10.3. The number of H-pyrrole nitrogens is 1. The van der Waals surface area contributed by atoms with Gasteiger partial charge >= 0.3 is 24.0 Å². The highest BCUT2D eigenvalue weighted by molar-refractivity contribution is 7.10. The summed E-state index contributed by atoms with van der Waals surface area (Å²) in [7, 11) is 0. The Hall–Kier alpha value is -9.58. The quantitative estimate of drug-likeness (QED) is 0.0301. The number of carboxylic acid groups (broad SMARTS) is 3. The van der Waals surface area contributed by atoms with E-state index in [1.165, 1.54) is 11.0 Å².